The fourth-order valence-corrected chi connectivity index (χ4v) is 2.10. The molecular weight excluding hydrogens is 176 g/mol. The molecule has 1 atom stereocenters. The zero-order chi connectivity index (χ0) is 9.64. The molecule has 0 aromatic carbocycles. The molecule has 1 unspecified atom stereocenters. The van der Waals surface area contributed by atoms with Crippen molar-refractivity contribution < 1.29 is 4.74 Å². The lowest BCUT2D eigenvalue weighted by Crippen LogP contribution is -2.44. The maximum atomic E-state index is 5.60. The first-order valence-electron chi connectivity index (χ1n) is 5.98. The summed E-state index contributed by atoms with van der Waals surface area (Å²) in [7, 11) is 0. The van der Waals surface area contributed by atoms with Crippen LogP contribution in [0.4, 0.5) is 0 Å². The van der Waals surface area contributed by atoms with Crippen LogP contribution in [0.5, 0.6) is 0 Å². The van der Waals surface area contributed by atoms with E-state index in [0.717, 1.165) is 32.2 Å². The van der Waals surface area contributed by atoms with Crippen molar-refractivity contribution in [1.82, 2.24) is 10.6 Å². The fourth-order valence-electron chi connectivity index (χ4n) is 2.10. The van der Waals surface area contributed by atoms with Gasteiger partial charge in [-0.25, -0.2) is 0 Å². The van der Waals surface area contributed by atoms with Gasteiger partial charge in [0.2, 0.25) is 0 Å². The van der Waals surface area contributed by atoms with Crippen LogP contribution < -0.4 is 10.6 Å². The average Bonchev–Trinajstić information content (AvgIpc) is 2.16. The number of nitrogens with one attached hydrogen (secondary N) is 2. The second-order valence-electron chi connectivity index (χ2n) is 4.49. The van der Waals surface area contributed by atoms with E-state index in [1.165, 1.54) is 32.2 Å². The van der Waals surface area contributed by atoms with Crippen molar-refractivity contribution in [2.75, 3.05) is 32.8 Å². The standard InChI is InChI=1S/C11H22N2O/c1-2-10(3-1)4-5-12-8-11-9-13-6-7-14-11/h10-13H,1-9H2. The Labute approximate surface area is 86.6 Å². The molecule has 0 aromatic rings. The van der Waals surface area contributed by atoms with Crippen LogP contribution in [0.2, 0.25) is 0 Å². The van der Waals surface area contributed by atoms with Crippen LogP contribution in [0.3, 0.4) is 0 Å². The van der Waals surface area contributed by atoms with Crippen molar-refractivity contribution in [3.63, 3.8) is 0 Å². The second-order valence-corrected chi connectivity index (χ2v) is 4.49. The van der Waals surface area contributed by atoms with Gasteiger partial charge in [-0.3, -0.25) is 0 Å². The topological polar surface area (TPSA) is 33.3 Å². The van der Waals surface area contributed by atoms with E-state index in [0.29, 0.717) is 6.10 Å². The van der Waals surface area contributed by atoms with Crippen LogP contribution in [0.15, 0.2) is 0 Å². The minimum Gasteiger partial charge on any atom is -0.374 e. The van der Waals surface area contributed by atoms with Gasteiger partial charge in [0.1, 0.15) is 0 Å². The lowest BCUT2D eigenvalue weighted by molar-refractivity contribution is 0.0290. The number of ether oxygens (including phenoxy) is 1. The van der Waals surface area contributed by atoms with Crippen molar-refractivity contribution in [1.29, 1.82) is 0 Å². The van der Waals surface area contributed by atoms with Crippen LogP contribution in [-0.4, -0.2) is 38.9 Å². The molecule has 82 valence electrons. The van der Waals surface area contributed by atoms with E-state index in [1.54, 1.807) is 0 Å². The predicted molar refractivity (Wildman–Crippen MR) is 57.4 cm³/mol. The van der Waals surface area contributed by atoms with E-state index in [4.69, 9.17) is 4.74 Å². The molecule has 0 aromatic heterocycles. The van der Waals surface area contributed by atoms with E-state index < -0.39 is 0 Å². The van der Waals surface area contributed by atoms with Crippen molar-refractivity contribution in [2.45, 2.75) is 31.8 Å². The Morgan fingerprint density at radius 1 is 1.36 bits per heavy atom. The molecule has 1 saturated carbocycles. The van der Waals surface area contributed by atoms with Crippen LogP contribution in [0.1, 0.15) is 25.7 Å². The average molecular weight is 198 g/mol. The summed E-state index contributed by atoms with van der Waals surface area (Å²) in [4.78, 5) is 0. The van der Waals surface area contributed by atoms with Crippen molar-refractivity contribution in [3.05, 3.63) is 0 Å². The Morgan fingerprint density at radius 3 is 2.93 bits per heavy atom. The minimum absolute atomic E-state index is 0.394. The molecule has 0 radical (unpaired) electrons. The molecule has 2 aliphatic rings. The zero-order valence-electron chi connectivity index (χ0n) is 8.93. The van der Waals surface area contributed by atoms with Gasteiger partial charge in [-0.2, -0.15) is 0 Å². The Kier molecular flexibility index (Phi) is 4.22. The van der Waals surface area contributed by atoms with Gasteiger partial charge in [0, 0.05) is 19.6 Å². The zero-order valence-corrected chi connectivity index (χ0v) is 8.93. The molecule has 1 aliphatic heterocycles. The summed E-state index contributed by atoms with van der Waals surface area (Å²) >= 11 is 0. The van der Waals surface area contributed by atoms with E-state index in [9.17, 15) is 0 Å². The number of morpholine rings is 1. The molecule has 2 N–H and O–H groups in total. The maximum Gasteiger partial charge on any atom is 0.0824 e. The summed E-state index contributed by atoms with van der Waals surface area (Å²) in [5.41, 5.74) is 0. The van der Waals surface area contributed by atoms with Crippen LogP contribution in [0, 0.1) is 5.92 Å². The Morgan fingerprint density at radius 2 is 2.29 bits per heavy atom. The van der Waals surface area contributed by atoms with Gasteiger partial charge in [0.05, 0.1) is 12.7 Å². The third-order valence-corrected chi connectivity index (χ3v) is 3.33. The van der Waals surface area contributed by atoms with Crippen molar-refractivity contribution >= 4 is 0 Å². The monoisotopic (exact) mass is 198 g/mol. The van der Waals surface area contributed by atoms with Crippen LogP contribution in [-0.2, 0) is 4.74 Å². The van der Waals surface area contributed by atoms with E-state index >= 15 is 0 Å². The molecular formula is C11H22N2O. The molecule has 1 aliphatic carbocycles. The van der Waals surface area contributed by atoms with Crippen molar-refractivity contribution in [2.24, 2.45) is 5.92 Å². The summed E-state index contributed by atoms with van der Waals surface area (Å²) < 4.78 is 5.60. The highest BCUT2D eigenvalue weighted by molar-refractivity contribution is 4.72. The summed E-state index contributed by atoms with van der Waals surface area (Å²) in [6, 6.07) is 0. The van der Waals surface area contributed by atoms with Gasteiger partial charge in [-0.15, -0.1) is 0 Å². The van der Waals surface area contributed by atoms with E-state index in [1.807, 2.05) is 0 Å². The Hall–Kier alpha value is -0.120. The molecule has 2 rings (SSSR count). The number of hydrogen-bond donors (Lipinski definition) is 2. The highest BCUT2D eigenvalue weighted by Crippen LogP contribution is 2.28. The third kappa shape index (κ3) is 3.23. The SMILES string of the molecule is C1CC(CCNCC2CNCCO2)C1. The summed E-state index contributed by atoms with van der Waals surface area (Å²) in [6.45, 7) is 5.08. The first-order valence-corrected chi connectivity index (χ1v) is 5.98. The number of rotatable bonds is 5. The predicted octanol–water partition coefficient (Wildman–Crippen LogP) is 0.755. The van der Waals surface area contributed by atoms with Gasteiger partial charge in [0.25, 0.3) is 0 Å². The lowest BCUT2D eigenvalue weighted by Gasteiger charge is -2.27. The molecule has 1 heterocycles. The molecule has 3 nitrogen and oxygen atoms in total. The molecule has 0 amide bonds. The maximum absolute atomic E-state index is 5.60. The Balaban J connectivity index is 1.45. The van der Waals surface area contributed by atoms with Crippen molar-refractivity contribution in [3.8, 4) is 0 Å². The fraction of sp³-hybridized carbons (Fsp3) is 1.00. The third-order valence-electron chi connectivity index (χ3n) is 3.33. The summed E-state index contributed by atoms with van der Waals surface area (Å²) in [6.07, 6.45) is 6.14. The first kappa shape index (κ1) is 10.4. The largest absolute Gasteiger partial charge is 0.374 e. The Bertz CT molecular complexity index is 153. The molecule has 3 heteroatoms. The van der Waals surface area contributed by atoms with Gasteiger partial charge in [-0.05, 0) is 18.9 Å². The van der Waals surface area contributed by atoms with E-state index in [-0.39, 0.29) is 0 Å². The van der Waals surface area contributed by atoms with Crippen LogP contribution >= 0.6 is 0 Å². The first-order chi connectivity index (χ1) is 6.95. The molecule has 0 spiro atoms. The lowest BCUT2D eigenvalue weighted by atomic mass is 9.83. The highest BCUT2D eigenvalue weighted by Gasteiger charge is 2.17. The summed E-state index contributed by atoms with van der Waals surface area (Å²) in [5, 5.41) is 6.83. The highest BCUT2D eigenvalue weighted by atomic mass is 16.5. The molecule has 0 bridgehead atoms. The minimum atomic E-state index is 0.394. The smallest absolute Gasteiger partial charge is 0.0824 e. The van der Waals surface area contributed by atoms with Gasteiger partial charge >= 0.3 is 0 Å². The summed E-state index contributed by atoms with van der Waals surface area (Å²) in [5.74, 6) is 1.02. The molecule has 1 saturated heterocycles. The van der Waals surface area contributed by atoms with Gasteiger partial charge < -0.3 is 15.4 Å². The number of hydrogen-bond acceptors (Lipinski definition) is 3. The van der Waals surface area contributed by atoms with E-state index in [2.05, 4.69) is 10.6 Å². The molecule has 2 fully saturated rings. The normalized spacial score (nSPS) is 28.7. The van der Waals surface area contributed by atoms with Crippen LogP contribution in [0.25, 0.3) is 0 Å². The molecule has 14 heavy (non-hydrogen) atoms. The second kappa shape index (κ2) is 5.69. The van der Waals surface area contributed by atoms with Gasteiger partial charge in [0.15, 0.2) is 0 Å². The van der Waals surface area contributed by atoms with Gasteiger partial charge in [-0.1, -0.05) is 19.3 Å². The quantitative estimate of drug-likeness (QED) is 0.640.